The van der Waals surface area contributed by atoms with Crippen LogP contribution in [0.2, 0.25) is 0 Å². The first kappa shape index (κ1) is 12.9. The normalized spacial score (nSPS) is 27.2. The van der Waals surface area contributed by atoms with Gasteiger partial charge >= 0.3 is 0 Å². The monoisotopic (exact) mass is 255 g/mol. The second kappa shape index (κ2) is 5.92. The minimum absolute atomic E-state index is 0.563. The maximum absolute atomic E-state index is 3.59. The minimum Gasteiger partial charge on any atom is -0.313 e. The zero-order chi connectivity index (χ0) is 13.1. The van der Waals surface area contributed by atoms with Gasteiger partial charge in [0, 0.05) is 12.0 Å². The van der Waals surface area contributed by atoms with E-state index < -0.39 is 0 Å². The van der Waals surface area contributed by atoms with Crippen molar-refractivity contribution in [3.8, 4) is 0 Å². The summed E-state index contributed by atoms with van der Waals surface area (Å²) in [6.45, 7) is 0. The van der Waals surface area contributed by atoms with Crippen LogP contribution in [0.25, 0.3) is 0 Å². The molecule has 0 fully saturated rings. The van der Waals surface area contributed by atoms with Crippen molar-refractivity contribution in [2.45, 2.75) is 56.9 Å². The van der Waals surface area contributed by atoms with Gasteiger partial charge in [-0.25, -0.2) is 0 Å². The molecule has 1 aromatic carbocycles. The van der Waals surface area contributed by atoms with E-state index in [-0.39, 0.29) is 0 Å². The smallest absolute Gasteiger partial charge is 0.0349 e. The van der Waals surface area contributed by atoms with Gasteiger partial charge in [-0.05, 0) is 50.3 Å². The summed E-state index contributed by atoms with van der Waals surface area (Å²) in [5, 5.41) is 3.59. The molecule has 19 heavy (non-hydrogen) atoms. The molecule has 2 unspecified atom stereocenters. The highest BCUT2D eigenvalue weighted by Gasteiger charge is 2.33. The third kappa shape index (κ3) is 2.62. The fourth-order valence-electron chi connectivity index (χ4n) is 3.74. The van der Waals surface area contributed by atoms with E-state index in [4.69, 9.17) is 0 Å². The lowest BCUT2D eigenvalue weighted by atomic mass is 9.70. The summed E-state index contributed by atoms with van der Waals surface area (Å²) in [7, 11) is 2.13. The number of hydrogen-bond donors (Lipinski definition) is 1. The molecule has 2 atom stereocenters. The summed E-state index contributed by atoms with van der Waals surface area (Å²) < 4.78 is 0. The predicted octanol–water partition coefficient (Wildman–Crippen LogP) is 4.19. The molecule has 0 amide bonds. The summed E-state index contributed by atoms with van der Waals surface area (Å²) >= 11 is 0. The lowest BCUT2D eigenvalue weighted by molar-refractivity contribution is 0.450. The first-order valence-corrected chi connectivity index (χ1v) is 7.84. The average Bonchev–Trinajstić information content (AvgIpc) is 2.37. The topological polar surface area (TPSA) is 12.0 Å². The molecule has 2 aliphatic carbocycles. The van der Waals surface area contributed by atoms with E-state index in [0.717, 1.165) is 0 Å². The highest BCUT2D eigenvalue weighted by Crippen LogP contribution is 2.40. The van der Waals surface area contributed by atoms with Crippen LogP contribution < -0.4 is 5.32 Å². The highest BCUT2D eigenvalue weighted by atomic mass is 14.9. The molecule has 1 aromatic rings. The number of nitrogens with one attached hydrogen (secondary N) is 1. The van der Waals surface area contributed by atoms with Crippen LogP contribution in [0.5, 0.6) is 0 Å². The lowest BCUT2D eigenvalue weighted by Crippen LogP contribution is -2.39. The third-order valence-corrected chi connectivity index (χ3v) is 4.83. The van der Waals surface area contributed by atoms with E-state index in [9.17, 15) is 0 Å². The number of likely N-dealkylation sites (N-methyl/N-ethyl adjacent to an activating group) is 1. The van der Waals surface area contributed by atoms with E-state index in [1.54, 1.807) is 16.7 Å². The number of rotatable bonds is 3. The van der Waals surface area contributed by atoms with Crippen LogP contribution in [0, 0.1) is 0 Å². The Morgan fingerprint density at radius 3 is 2.79 bits per heavy atom. The van der Waals surface area contributed by atoms with Crippen molar-refractivity contribution >= 4 is 0 Å². The van der Waals surface area contributed by atoms with Crippen LogP contribution in [0.1, 0.15) is 55.6 Å². The van der Waals surface area contributed by atoms with Crippen molar-refractivity contribution in [3.63, 3.8) is 0 Å². The van der Waals surface area contributed by atoms with Gasteiger partial charge < -0.3 is 5.32 Å². The maximum atomic E-state index is 3.59. The van der Waals surface area contributed by atoms with Crippen LogP contribution >= 0.6 is 0 Å². The van der Waals surface area contributed by atoms with Gasteiger partial charge in [-0.3, -0.25) is 0 Å². The Morgan fingerprint density at radius 2 is 1.95 bits per heavy atom. The largest absolute Gasteiger partial charge is 0.313 e. The molecule has 1 N–H and O–H groups in total. The van der Waals surface area contributed by atoms with E-state index in [2.05, 4.69) is 42.7 Å². The molecule has 1 heteroatoms. The van der Waals surface area contributed by atoms with Crippen molar-refractivity contribution in [1.82, 2.24) is 5.32 Å². The zero-order valence-corrected chi connectivity index (χ0v) is 12.0. The van der Waals surface area contributed by atoms with E-state index in [0.29, 0.717) is 12.0 Å². The first-order chi connectivity index (χ1) is 9.40. The standard InChI is InChI=1S/C18H25N/c1-19-18(14-9-5-3-2-4-6-10-14)17-13-15-11-7-8-12-16(15)17/h7-9,11-12,17-19H,2-6,10,13H2,1H3/b14-9+. The zero-order valence-electron chi connectivity index (χ0n) is 12.0. The van der Waals surface area contributed by atoms with E-state index in [1.165, 1.54) is 44.9 Å². The third-order valence-electron chi connectivity index (χ3n) is 4.83. The second-order valence-electron chi connectivity index (χ2n) is 6.01. The number of allylic oxidation sites excluding steroid dienone is 1. The molecule has 2 aliphatic rings. The van der Waals surface area contributed by atoms with Crippen molar-refractivity contribution in [2.24, 2.45) is 0 Å². The molecule has 3 rings (SSSR count). The molecule has 0 aliphatic heterocycles. The molecule has 0 radical (unpaired) electrons. The lowest BCUT2D eigenvalue weighted by Gasteiger charge is -2.38. The van der Waals surface area contributed by atoms with Crippen LogP contribution in [0.4, 0.5) is 0 Å². The first-order valence-electron chi connectivity index (χ1n) is 7.84. The molecule has 1 nitrogen and oxygen atoms in total. The minimum atomic E-state index is 0.563. The van der Waals surface area contributed by atoms with Gasteiger partial charge in [0.1, 0.15) is 0 Å². The molecule has 0 bridgehead atoms. The number of hydrogen-bond acceptors (Lipinski definition) is 1. The Morgan fingerprint density at radius 1 is 1.11 bits per heavy atom. The Balaban J connectivity index is 1.78. The second-order valence-corrected chi connectivity index (χ2v) is 6.01. The molecular formula is C18H25N. The fraction of sp³-hybridized carbons (Fsp3) is 0.556. The van der Waals surface area contributed by atoms with Gasteiger partial charge in [0.25, 0.3) is 0 Å². The van der Waals surface area contributed by atoms with Crippen molar-refractivity contribution < 1.29 is 0 Å². The van der Waals surface area contributed by atoms with Crippen molar-refractivity contribution in [2.75, 3.05) is 7.05 Å². The summed E-state index contributed by atoms with van der Waals surface area (Å²) in [6, 6.07) is 9.51. The Kier molecular flexibility index (Phi) is 4.03. The van der Waals surface area contributed by atoms with E-state index >= 15 is 0 Å². The quantitative estimate of drug-likeness (QED) is 0.798. The van der Waals surface area contributed by atoms with Crippen molar-refractivity contribution in [1.29, 1.82) is 0 Å². The van der Waals surface area contributed by atoms with Gasteiger partial charge in [-0.1, -0.05) is 48.8 Å². The van der Waals surface area contributed by atoms with Crippen LogP contribution in [0.3, 0.4) is 0 Å². The van der Waals surface area contributed by atoms with Crippen LogP contribution in [-0.2, 0) is 6.42 Å². The fourth-order valence-corrected chi connectivity index (χ4v) is 3.74. The summed E-state index contributed by atoms with van der Waals surface area (Å²) in [5.41, 5.74) is 4.80. The predicted molar refractivity (Wildman–Crippen MR) is 81.5 cm³/mol. The molecular weight excluding hydrogens is 230 g/mol. The van der Waals surface area contributed by atoms with Crippen LogP contribution in [0.15, 0.2) is 35.9 Å². The van der Waals surface area contributed by atoms with Gasteiger partial charge in [0.2, 0.25) is 0 Å². The van der Waals surface area contributed by atoms with Crippen molar-refractivity contribution in [3.05, 3.63) is 47.0 Å². The summed E-state index contributed by atoms with van der Waals surface area (Å²) in [4.78, 5) is 0. The molecule has 0 heterocycles. The van der Waals surface area contributed by atoms with E-state index in [1.807, 2.05) is 0 Å². The highest BCUT2D eigenvalue weighted by molar-refractivity contribution is 5.43. The molecule has 0 saturated heterocycles. The number of fused-ring (bicyclic) bond motifs is 1. The molecule has 102 valence electrons. The van der Waals surface area contributed by atoms with Gasteiger partial charge in [0.15, 0.2) is 0 Å². The SMILES string of the molecule is CNC(/C1=C/CCCCCC1)C1Cc2ccccc21. The van der Waals surface area contributed by atoms with Gasteiger partial charge in [-0.2, -0.15) is 0 Å². The Hall–Kier alpha value is -1.08. The number of benzene rings is 1. The molecule has 0 aromatic heterocycles. The molecule has 0 saturated carbocycles. The Bertz CT molecular complexity index is 461. The van der Waals surface area contributed by atoms with Gasteiger partial charge in [-0.15, -0.1) is 0 Å². The van der Waals surface area contributed by atoms with Crippen LogP contribution in [-0.4, -0.2) is 13.1 Å². The summed E-state index contributed by atoms with van der Waals surface area (Å²) in [5.74, 6) is 0.701. The molecule has 0 spiro atoms. The summed E-state index contributed by atoms with van der Waals surface area (Å²) in [6.07, 6.45) is 11.9. The Labute approximate surface area is 117 Å². The maximum Gasteiger partial charge on any atom is 0.0349 e. The van der Waals surface area contributed by atoms with Gasteiger partial charge in [0.05, 0.1) is 0 Å². The average molecular weight is 255 g/mol.